The maximum atomic E-state index is 12.5. The van der Waals surface area contributed by atoms with Gasteiger partial charge < -0.3 is 20.3 Å². The van der Waals surface area contributed by atoms with Crippen molar-refractivity contribution in [3.63, 3.8) is 0 Å². The monoisotopic (exact) mass is 1040 g/mol. The highest BCUT2D eigenvalue weighted by atomic mass is 16.5. The maximum absolute atomic E-state index is 12.5. The lowest BCUT2D eigenvalue weighted by molar-refractivity contribution is -0.143. The number of allylic oxidation sites excluding steroid dienone is 4. The molecule has 0 bridgehead atoms. The summed E-state index contributed by atoms with van der Waals surface area (Å²) in [6.45, 7) is 4.92. The number of ether oxygens (including phenoxy) is 1. The number of carbonyl (C=O) groups is 2. The fraction of sp³-hybridized carbons (Fsp3) is 0.912. The van der Waals surface area contributed by atoms with Crippen molar-refractivity contribution < 1.29 is 24.5 Å². The molecule has 0 radical (unpaired) electrons. The highest BCUT2D eigenvalue weighted by Crippen LogP contribution is 2.19. The Kier molecular flexibility index (Phi) is 62.4. The predicted molar refractivity (Wildman–Crippen MR) is 324 cm³/mol. The fourth-order valence-electron chi connectivity index (χ4n) is 10.6. The van der Waals surface area contributed by atoms with Gasteiger partial charge in [0.05, 0.1) is 25.4 Å². The van der Waals surface area contributed by atoms with Crippen molar-refractivity contribution in [1.82, 2.24) is 5.32 Å². The van der Waals surface area contributed by atoms with Crippen molar-refractivity contribution >= 4 is 11.9 Å². The third kappa shape index (κ3) is 59.6. The maximum Gasteiger partial charge on any atom is 0.305 e. The largest absolute Gasteiger partial charge is 0.466 e. The summed E-state index contributed by atoms with van der Waals surface area (Å²) < 4.78 is 5.47. The predicted octanol–water partition coefficient (Wildman–Crippen LogP) is 21.4. The zero-order valence-corrected chi connectivity index (χ0v) is 50.1. The first-order valence-electron chi connectivity index (χ1n) is 33.6. The molecule has 438 valence electrons. The zero-order chi connectivity index (χ0) is 53.6. The Morgan fingerprint density at radius 1 is 0.378 bits per heavy atom. The Hall–Kier alpha value is -1.66. The number of hydrogen-bond acceptors (Lipinski definition) is 5. The van der Waals surface area contributed by atoms with Crippen molar-refractivity contribution in [2.24, 2.45) is 0 Å². The van der Waals surface area contributed by atoms with Gasteiger partial charge in [0.15, 0.2) is 0 Å². The minimum Gasteiger partial charge on any atom is -0.466 e. The average molecular weight is 1040 g/mol. The third-order valence-corrected chi connectivity index (χ3v) is 15.7. The first-order valence-corrected chi connectivity index (χ1v) is 33.6. The Morgan fingerprint density at radius 3 is 1.08 bits per heavy atom. The van der Waals surface area contributed by atoms with Crippen LogP contribution in [0.5, 0.6) is 0 Å². The van der Waals surface area contributed by atoms with E-state index in [1.807, 2.05) is 0 Å². The molecule has 0 heterocycles. The van der Waals surface area contributed by atoms with Gasteiger partial charge in [-0.2, -0.15) is 0 Å². The molecule has 0 saturated carbocycles. The van der Waals surface area contributed by atoms with Crippen molar-refractivity contribution in [1.29, 1.82) is 0 Å². The van der Waals surface area contributed by atoms with Gasteiger partial charge in [-0.1, -0.05) is 334 Å². The summed E-state index contributed by atoms with van der Waals surface area (Å²) in [5, 5.41) is 23.4. The van der Waals surface area contributed by atoms with Crippen molar-refractivity contribution in [3.8, 4) is 0 Å². The molecule has 0 rings (SSSR count). The molecule has 0 aliphatic heterocycles. The summed E-state index contributed by atoms with van der Waals surface area (Å²) in [6.07, 6.45) is 79.2. The second-order valence-corrected chi connectivity index (χ2v) is 23.2. The van der Waals surface area contributed by atoms with Crippen LogP contribution in [0.3, 0.4) is 0 Å². The summed E-state index contributed by atoms with van der Waals surface area (Å²) in [4.78, 5) is 24.6. The van der Waals surface area contributed by atoms with E-state index in [0.29, 0.717) is 25.9 Å². The first-order chi connectivity index (χ1) is 36.5. The molecule has 2 atom stereocenters. The van der Waals surface area contributed by atoms with E-state index in [9.17, 15) is 19.8 Å². The van der Waals surface area contributed by atoms with Gasteiger partial charge in [-0.25, -0.2) is 0 Å². The Labute approximate surface area is 462 Å². The molecule has 0 aromatic rings. The van der Waals surface area contributed by atoms with Crippen LogP contribution in [0.25, 0.3) is 0 Å². The second kappa shape index (κ2) is 63.9. The van der Waals surface area contributed by atoms with E-state index in [4.69, 9.17) is 4.74 Å². The van der Waals surface area contributed by atoms with Crippen LogP contribution in [0.2, 0.25) is 0 Å². The molecule has 0 aromatic heterocycles. The highest BCUT2D eigenvalue weighted by molar-refractivity contribution is 5.76. The SMILES string of the molecule is CCC/C=C\C/C=C\CCCCCCCC(=O)OCCCCCCCCCCCCCCCCCCCCCCCCCCCC(=O)NC(CO)C(O)CCCCCCCCCCCCCCCCCCCCC. The van der Waals surface area contributed by atoms with Gasteiger partial charge in [-0.15, -0.1) is 0 Å². The molecular formula is C68H131NO5. The van der Waals surface area contributed by atoms with E-state index < -0.39 is 12.1 Å². The molecule has 2 unspecified atom stereocenters. The number of unbranched alkanes of at least 4 members (excludes halogenated alkanes) is 48. The van der Waals surface area contributed by atoms with E-state index in [1.54, 1.807) is 0 Å². The smallest absolute Gasteiger partial charge is 0.305 e. The molecule has 1 amide bonds. The molecule has 74 heavy (non-hydrogen) atoms. The number of aliphatic hydroxyl groups is 2. The molecule has 0 saturated heterocycles. The van der Waals surface area contributed by atoms with E-state index in [0.717, 1.165) is 51.4 Å². The van der Waals surface area contributed by atoms with Crippen LogP contribution in [0.1, 0.15) is 373 Å². The minimum atomic E-state index is -0.664. The molecule has 0 aliphatic rings. The number of carbonyl (C=O) groups excluding carboxylic acids is 2. The van der Waals surface area contributed by atoms with E-state index in [1.165, 1.54) is 289 Å². The highest BCUT2D eigenvalue weighted by Gasteiger charge is 2.20. The van der Waals surface area contributed by atoms with E-state index in [2.05, 4.69) is 43.5 Å². The van der Waals surface area contributed by atoms with Crippen LogP contribution in [0.15, 0.2) is 24.3 Å². The van der Waals surface area contributed by atoms with Gasteiger partial charge in [0.1, 0.15) is 0 Å². The summed E-state index contributed by atoms with van der Waals surface area (Å²) in [5.74, 6) is -0.0280. The number of hydrogen-bond donors (Lipinski definition) is 3. The van der Waals surface area contributed by atoms with Crippen molar-refractivity contribution in [2.75, 3.05) is 13.2 Å². The van der Waals surface area contributed by atoms with Gasteiger partial charge in [0.25, 0.3) is 0 Å². The summed E-state index contributed by atoms with van der Waals surface area (Å²) in [7, 11) is 0. The average Bonchev–Trinajstić information content (AvgIpc) is 3.40. The number of esters is 1. The van der Waals surface area contributed by atoms with Crippen LogP contribution >= 0.6 is 0 Å². The van der Waals surface area contributed by atoms with Crippen LogP contribution in [-0.2, 0) is 14.3 Å². The summed E-state index contributed by atoms with van der Waals surface area (Å²) in [5.41, 5.74) is 0. The quantitative estimate of drug-likeness (QED) is 0.0320. The van der Waals surface area contributed by atoms with Gasteiger partial charge >= 0.3 is 5.97 Å². The molecule has 0 aromatic carbocycles. The topological polar surface area (TPSA) is 95.9 Å². The van der Waals surface area contributed by atoms with Gasteiger partial charge in [-0.3, -0.25) is 9.59 Å². The summed E-state index contributed by atoms with van der Waals surface area (Å²) in [6, 6.07) is -0.541. The molecule has 0 spiro atoms. The van der Waals surface area contributed by atoms with Crippen LogP contribution in [0, 0.1) is 0 Å². The van der Waals surface area contributed by atoms with E-state index >= 15 is 0 Å². The van der Waals surface area contributed by atoms with Crippen molar-refractivity contribution in [2.45, 2.75) is 386 Å². The molecule has 6 nitrogen and oxygen atoms in total. The lowest BCUT2D eigenvalue weighted by Gasteiger charge is -2.22. The number of rotatable bonds is 63. The van der Waals surface area contributed by atoms with Gasteiger partial charge in [0.2, 0.25) is 5.91 Å². The number of aliphatic hydroxyl groups excluding tert-OH is 2. The number of nitrogens with one attached hydrogen (secondary N) is 1. The van der Waals surface area contributed by atoms with Crippen LogP contribution in [0.4, 0.5) is 0 Å². The molecule has 3 N–H and O–H groups in total. The van der Waals surface area contributed by atoms with E-state index in [-0.39, 0.29) is 18.5 Å². The van der Waals surface area contributed by atoms with Crippen LogP contribution < -0.4 is 5.32 Å². The normalized spacial score (nSPS) is 12.6. The lowest BCUT2D eigenvalue weighted by Crippen LogP contribution is -2.45. The Bertz CT molecular complexity index is 1150. The molecule has 0 aliphatic carbocycles. The Morgan fingerprint density at radius 2 is 0.703 bits per heavy atom. The van der Waals surface area contributed by atoms with Gasteiger partial charge in [-0.05, 0) is 51.4 Å². The van der Waals surface area contributed by atoms with Crippen LogP contribution in [-0.4, -0.2) is 47.4 Å². The lowest BCUT2D eigenvalue weighted by atomic mass is 10.0. The third-order valence-electron chi connectivity index (χ3n) is 15.7. The molecular weight excluding hydrogens is 911 g/mol. The fourth-order valence-corrected chi connectivity index (χ4v) is 10.6. The summed E-state index contributed by atoms with van der Waals surface area (Å²) >= 11 is 0. The standard InChI is InChI=1S/C68H131NO5/c1-3-5-7-9-11-13-15-17-18-19-27-30-33-37-40-44-48-52-56-60-66(71)65(64-70)69-67(72)61-57-53-49-45-41-38-34-31-28-25-23-21-20-22-24-26-29-32-35-39-43-47-51-55-59-63-74-68(73)62-58-54-50-46-42-36-16-14-12-10-8-6-4-2/h8,10,14,16,65-66,70-71H,3-7,9,11-13,15,17-64H2,1-2H3,(H,69,72)/b10-8-,16-14-. The second-order valence-electron chi connectivity index (χ2n) is 23.2. The molecule has 0 fully saturated rings. The van der Waals surface area contributed by atoms with Gasteiger partial charge in [0, 0.05) is 12.8 Å². The molecule has 6 heteroatoms. The first kappa shape index (κ1) is 72.3. The Balaban J connectivity index is 3.36. The van der Waals surface area contributed by atoms with Crippen molar-refractivity contribution in [3.05, 3.63) is 24.3 Å². The minimum absolute atomic E-state index is 0.00162. The number of amides is 1. The zero-order valence-electron chi connectivity index (χ0n) is 50.1.